The second kappa shape index (κ2) is 9.01. The average molecular weight is 391 g/mol. The number of hydrogen-bond acceptors (Lipinski definition) is 5. The normalized spacial score (nSPS) is 14.8. The Morgan fingerprint density at radius 3 is 2.38 bits per heavy atom. The summed E-state index contributed by atoms with van der Waals surface area (Å²) in [6.45, 7) is 7.53. The van der Waals surface area contributed by atoms with Gasteiger partial charge in [-0.25, -0.2) is 9.37 Å². The number of anilines is 2. The van der Waals surface area contributed by atoms with E-state index in [0.717, 1.165) is 49.8 Å². The largest absolute Gasteiger partial charge is 0.354 e. The Hall–Kier alpha value is -2.99. The second-order valence-electron chi connectivity index (χ2n) is 7.17. The minimum atomic E-state index is -0.227. The van der Waals surface area contributed by atoms with Gasteiger partial charge in [0.1, 0.15) is 11.6 Å². The molecular weight excluding hydrogens is 365 g/mol. The molecule has 0 atom stereocenters. The molecule has 1 aromatic heterocycles. The van der Waals surface area contributed by atoms with E-state index in [2.05, 4.69) is 22.0 Å². The Morgan fingerprint density at radius 1 is 0.931 bits per heavy atom. The molecule has 150 valence electrons. The van der Waals surface area contributed by atoms with Gasteiger partial charge in [0.2, 0.25) is 5.95 Å². The van der Waals surface area contributed by atoms with Crippen LogP contribution in [0.15, 0.2) is 60.7 Å². The highest BCUT2D eigenvalue weighted by molar-refractivity contribution is 5.65. The average Bonchev–Trinajstić information content (AvgIpc) is 2.79. The number of benzene rings is 2. The number of hydrogen-bond donors (Lipinski definition) is 1. The van der Waals surface area contributed by atoms with Gasteiger partial charge in [-0.05, 0) is 12.6 Å². The van der Waals surface area contributed by atoms with Gasteiger partial charge in [0.25, 0.3) is 0 Å². The summed E-state index contributed by atoms with van der Waals surface area (Å²) in [5, 5.41) is 3.21. The lowest BCUT2D eigenvalue weighted by Gasteiger charge is -2.35. The Balaban J connectivity index is 1.61. The first-order chi connectivity index (χ1) is 14.2. The van der Waals surface area contributed by atoms with E-state index in [4.69, 9.17) is 9.97 Å². The fourth-order valence-corrected chi connectivity index (χ4v) is 3.54. The number of likely N-dealkylation sites (N-methyl/N-ethyl adjacent to an activating group) is 1. The Bertz CT molecular complexity index is 939. The van der Waals surface area contributed by atoms with E-state index in [0.29, 0.717) is 18.1 Å². The van der Waals surface area contributed by atoms with Crippen molar-refractivity contribution in [2.24, 2.45) is 0 Å². The third-order valence-corrected chi connectivity index (χ3v) is 5.32. The molecule has 0 bridgehead atoms. The van der Waals surface area contributed by atoms with Gasteiger partial charge in [-0.2, -0.15) is 4.98 Å². The zero-order valence-electron chi connectivity index (χ0n) is 16.7. The zero-order chi connectivity index (χ0) is 20.1. The van der Waals surface area contributed by atoms with Gasteiger partial charge in [0.15, 0.2) is 0 Å². The lowest BCUT2D eigenvalue weighted by atomic mass is 10.1. The minimum Gasteiger partial charge on any atom is -0.354 e. The van der Waals surface area contributed by atoms with Crippen molar-refractivity contribution < 1.29 is 4.39 Å². The lowest BCUT2D eigenvalue weighted by molar-refractivity contribution is 0.270. The number of piperazine rings is 1. The lowest BCUT2D eigenvalue weighted by Crippen LogP contribution is -2.46. The maximum absolute atomic E-state index is 14.0. The third-order valence-electron chi connectivity index (χ3n) is 5.32. The third kappa shape index (κ3) is 4.71. The molecular formula is C23H26FN5. The summed E-state index contributed by atoms with van der Waals surface area (Å²) >= 11 is 0. The van der Waals surface area contributed by atoms with Crippen LogP contribution in [-0.4, -0.2) is 47.6 Å². The van der Waals surface area contributed by atoms with E-state index in [9.17, 15) is 4.39 Å². The maximum Gasteiger partial charge on any atom is 0.225 e. The van der Waals surface area contributed by atoms with Crippen molar-refractivity contribution >= 4 is 11.8 Å². The molecule has 1 fully saturated rings. The van der Waals surface area contributed by atoms with Crippen LogP contribution < -0.4 is 10.2 Å². The van der Waals surface area contributed by atoms with E-state index in [-0.39, 0.29) is 5.82 Å². The van der Waals surface area contributed by atoms with Crippen molar-refractivity contribution in [2.45, 2.75) is 13.5 Å². The smallest absolute Gasteiger partial charge is 0.225 e. The molecule has 1 N–H and O–H groups in total. The molecule has 6 heteroatoms. The molecule has 2 aromatic carbocycles. The molecule has 29 heavy (non-hydrogen) atoms. The zero-order valence-corrected chi connectivity index (χ0v) is 16.7. The Labute approximate surface area is 171 Å². The molecule has 0 spiro atoms. The van der Waals surface area contributed by atoms with Crippen molar-refractivity contribution in [3.63, 3.8) is 0 Å². The highest BCUT2D eigenvalue weighted by atomic mass is 19.1. The van der Waals surface area contributed by atoms with Gasteiger partial charge < -0.3 is 15.1 Å². The van der Waals surface area contributed by atoms with Gasteiger partial charge in [-0.15, -0.1) is 0 Å². The summed E-state index contributed by atoms with van der Waals surface area (Å²) in [5.74, 6) is 1.20. The Kier molecular flexibility index (Phi) is 6.00. The summed E-state index contributed by atoms with van der Waals surface area (Å²) in [6, 6.07) is 18.9. The van der Waals surface area contributed by atoms with Crippen molar-refractivity contribution in [1.29, 1.82) is 0 Å². The van der Waals surface area contributed by atoms with E-state index in [1.165, 1.54) is 6.07 Å². The quantitative estimate of drug-likeness (QED) is 0.687. The first kappa shape index (κ1) is 19.3. The molecule has 2 heterocycles. The first-order valence-corrected chi connectivity index (χ1v) is 10.1. The van der Waals surface area contributed by atoms with Crippen LogP contribution in [0.3, 0.4) is 0 Å². The molecule has 0 aliphatic carbocycles. The van der Waals surface area contributed by atoms with Gasteiger partial charge in [0, 0.05) is 49.9 Å². The highest BCUT2D eigenvalue weighted by Crippen LogP contribution is 2.24. The van der Waals surface area contributed by atoms with Crippen LogP contribution in [0.4, 0.5) is 16.2 Å². The highest BCUT2D eigenvalue weighted by Gasteiger charge is 2.19. The van der Waals surface area contributed by atoms with Crippen molar-refractivity contribution in [3.05, 3.63) is 72.0 Å². The number of aromatic nitrogens is 2. The topological polar surface area (TPSA) is 44.3 Å². The van der Waals surface area contributed by atoms with Crippen LogP contribution in [0.1, 0.15) is 12.5 Å². The molecule has 0 saturated carbocycles. The molecule has 1 aliphatic rings. The molecule has 5 nitrogen and oxygen atoms in total. The molecule has 1 saturated heterocycles. The van der Waals surface area contributed by atoms with Crippen molar-refractivity contribution in [3.8, 4) is 11.3 Å². The van der Waals surface area contributed by atoms with Crippen LogP contribution >= 0.6 is 0 Å². The first-order valence-electron chi connectivity index (χ1n) is 10.1. The van der Waals surface area contributed by atoms with E-state index < -0.39 is 0 Å². The van der Waals surface area contributed by atoms with Gasteiger partial charge in [-0.1, -0.05) is 55.5 Å². The van der Waals surface area contributed by atoms with Crippen LogP contribution in [-0.2, 0) is 6.54 Å². The predicted molar refractivity (Wildman–Crippen MR) is 116 cm³/mol. The van der Waals surface area contributed by atoms with Crippen molar-refractivity contribution in [1.82, 2.24) is 14.9 Å². The fraction of sp³-hybridized carbons (Fsp3) is 0.304. The summed E-state index contributed by atoms with van der Waals surface area (Å²) in [6.07, 6.45) is 0. The number of halogens is 1. The van der Waals surface area contributed by atoms with Gasteiger partial charge in [0.05, 0.1) is 5.69 Å². The van der Waals surface area contributed by atoms with Crippen LogP contribution in [0.2, 0.25) is 0 Å². The summed E-state index contributed by atoms with van der Waals surface area (Å²) in [4.78, 5) is 14.2. The van der Waals surface area contributed by atoms with E-state index in [1.807, 2.05) is 42.5 Å². The predicted octanol–water partition coefficient (Wildman–Crippen LogP) is 4.04. The Morgan fingerprint density at radius 2 is 1.66 bits per heavy atom. The molecule has 0 amide bonds. The molecule has 4 rings (SSSR count). The number of rotatable bonds is 6. The summed E-state index contributed by atoms with van der Waals surface area (Å²) < 4.78 is 14.0. The molecule has 0 radical (unpaired) electrons. The monoisotopic (exact) mass is 391 g/mol. The maximum atomic E-state index is 14.0. The molecule has 3 aromatic rings. The van der Waals surface area contributed by atoms with E-state index >= 15 is 0 Å². The fourth-order valence-electron chi connectivity index (χ4n) is 3.54. The van der Waals surface area contributed by atoms with Crippen LogP contribution in [0, 0.1) is 5.82 Å². The van der Waals surface area contributed by atoms with Crippen molar-refractivity contribution in [2.75, 3.05) is 42.9 Å². The summed E-state index contributed by atoms with van der Waals surface area (Å²) in [7, 11) is 0. The molecule has 1 aliphatic heterocycles. The van der Waals surface area contributed by atoms with Crippen LogP contribution in [0.25, 0.3) is 11.3 Å². The van der Waals surface area contributed by atoms with Gasteiger partial charge >= 0.3 is 0 Å². The standard InChI is InChI=1S/C23H26FN5/c1-2-28-12-14-29(15-13-28)22-16-21(18-8-4-3-5-9-18)26-23(27-22)25-17-19-10-6-7-11-20(19)24/h3-11,16H,2,12-15,17H2,1H3,(H,25,26,27). The van der Waals surface area contributed by atoms with E-state index in [1.54, 1.807) is 12.1 Å². The second-order valence-corrected chi connectivity index (χ2v) is 7.17. The van der Waals surface area contributed by atoms with Gasteiger partial charge in [-0.3, -0.25) is 0 Å². The minimum absolute atomic E-state index is 0.227. The van der Waals surface area contributed by atoms with Crippen LogP contribution in [0.5, 0.6) is 0 Å². The number of nitrogens with zero attached hydrogens (tertiary/aromatic N) is 4. The summed E-state index contributed by atoms with van der Waals surface area (Å²) in [5.41, 5.74) is 2.50. The number of nitrogens with one attached hydrogen (secondary N) is 1. The molecule has 0 unspecified atom stereocenters. The SMILES string of the molecule is CCN1CCN(c2cc(-c3ccccc3)nc(NCc3ccccc3F)n2)CC1.